The van der Waals surface area contributed by atoms with Crippen molar-refractivity contribution in [2.75, 3.05) is 12.4 Å². The summed E-state index contributed by atoms with van der Waals surface area (Å²) in [5.41, 5.74) is 0.746. The van der Waals surface area contributed by atoms with Gasteiger partial charge in [0, 0.05) is 24.9 Å². The molecule has 0 heterocycles. The molecule has 0 amide bonds. The number of rotatable bonds is 4. The fourth-order valence-electron chi connectivity index (χ4n) is 2.27. The molecule has 2 rings (SSSR count). The number of nitro benzene ring substituents is 1. The van der Waals surface area contributed by atoms with Crippen molar-refractivity contribution in [2.45, 2.75) is 31.4 Å². The molecule has 1 aliphatic rings. The summed E-state index contributed by atoms with van der Waals surface area (Å²) in [5.74, 6) is 0.0482. The molecule has 2 atom stereocenters. The third-order valence-electron chi connectivity index (χ3n) is 3.32. The molecule has 0 saturated heterocycles. The normalized spacial score (nSPS) is 23.1. The summed E-state index contributed by atoms with van der Waals surface area (Å²) in [7, 11) is 1.54. The number of methoxy groups -OCH3 is 1. The summed E-state index contributed by atoms with van der Waals surface area (Å²) >= 11 is 0. The molecule has 19 heavy (non-hydrogen) atoms. The highest BCUT2D eigenvalue weighted by Crippen LogP contribution is 2.22. The molecule has 0 aliphatic heterocycles. The lowest BCUT2D eigenvalue weighted by molar-refractivity contribution is -0.384. The molecule has 1 saturated carbocycles. The Balaban J connectivity index is 2.04. The van der Waals surface area contributed by atoms with E-state index in [0.717, 1.165) is 19.3 Å². The molecule has 0 spiro atoms. The Morgan fingerprint density at radius 1 is 1.32 bits per heavy atom. The van der Waals surface area contributed by atoms with Crippen LogP contribution in [-0.4, -0.2) is 30.0 Å². The number of carbonyl (C=O) groups is 1. The van der Waals surface area contributed by atoms with Crippen LogP contribution >= 0.6 is 0 Å². The van der Waals surface area contributed by atoms with Gasteiger partial charge < -0.3 is 10.1 Å². The second kappa shape index (κ2) is 5.79. The second-order valence-corrected chi connectivity index (χ2v) is 4.56. The van der Waals surface area contributed by atoms with E-state index >= 15 is 0 Å². The smallest absolute Gasteiger partial charge is 0.269 e. The van der Waals surface area contributed by atoms with Crippen molar-refractivity contribution in [2.24, 2.45) is 0 Å². The van der Waals surface area contributed by atoms with Gasteiger partial charge >= 0.3 is 0 Å². The molecule has 1 aromatic carbocycles. The lowest BCUT2D eigenvalue weighted by atomic mass is 9.91. The monoisotopic (exact) mass is 264 g/mol. The van der Waals surface area contributed by atoms with E-state index in [1.165, 1.54) is 19.2 Å². The number of nitrogens with zero attached hydrogens (tertiary/aromatic N) is 1. The molecule has 1 aromatic rings. The molecule has 0 unspecified atom stereocenters. The number of hydrogen-bond acceptors (Lipinski definition) is 5. The van der Waals surface area contributed by atoms with Gasteiger partial charge in [0.1, 0.15) is 6.10 Å². The van der Waals surface area contributed by atoms with Gasteiger partial charge in [0.25, 0.3) is 5.69 Å². The number of carbonyl (C=O) groups excluding carboxylic acids is 1. The number of nitro groups is 1. The molecule has 102 valence electrons. The minimum absolute atomic E-state index is 0.0373. The SMILES string of the molecule is CO[C@H]1CCC[C@@H](Nc2ccc([N+](=O)[O-])cc2)C1=O. The molecule has 6 nitrogen and oxygen atoms in total. The minimum atomic E-state index is -0.448. The standard InChI is InChI=1S/C13H16N2O4/c1-19-12-4-2-3-11(13(12)16)14-9-5-7-10(8-6-9)15(17)18/h5-8,11-12,14H,2-4H2,1H3/t11-,12+/m1/s1. The molecule has 0 bridgehead atoms. The first-order chi connectivity index (χ1) is 9.11. The average Bonchev–Trinajstić information content (AvgIpc) is 2.42. The van der Waals surface area contributed by atoms with Gasteiger partial charge in [-0.15, -0.1) is 0 Å². The number of hydrogen-bond donors (Lipinski definition) is 1. The van der Waals surface area contributed by atoms with Crippen LogP contribution in [0.4, 0.5) is 11.4 Å². The minimum Gasteiger partial charge on any atom is -0.375 e. The molecule has 0 aromatic heterocycles. The number of nitrogens with one attached hydrogen (secondary N) is 1. The topological polar surface area (TPSA) is 81.5 Å². The van der Waals surface area contributed by atoms with Crippen molar-refractivity contribution in [3.8, 4) is 0 Å². The quantitative estimate of drug-likeness (QED) is 0.665. The molecular formula is C13H16N2O4. The summed E-state index contributed by atoms with van der Waals surface area (Å²) in [6.07, 6.45) is 2.10. The lowest BCUT2D eigenvalue weighted by Crippen LogP contribution is -2.42. The van der Waals surface area contributed by atoms with Gasteiger partial charge in [-0.1, -0.05) is 0 Å². The van der Waals surface area contributed by atoms with E-state index in [1.807, 2.05) is 0 Å². The van der Waals surface area contributed by atoms with E-state index in [2.05, 4.69) is 5.32 Å². The van der Waals surface area contributed by atoms with E-state index in [9.17, 15) is 14.9 Å². The van der Waals surface area contributed by atoms with Gasteiger partial charge in [-0.05, 0) is 31.4 Å². The van der Waals surface area contributed by atoms with Gasteiger partial charge in [0.2, 0.25) is 0 Å². The maximum Gasteiger partial charge on any atom is 0.269 e. The highest BCUT2D eigenvalue weighted by molar-refractivity contribution is 5.91. The van der Waals surface area contributed by atoms with Gasteiger partial charge in [-0.3, -0.25) is 14.9 Å². The van der Waals surface area contributed by atoms with Crippen LogP contribution in [0.3, 0.4) is 0 Å². The molecule has 1 N–H and O–H groups in total. The van der Waals surface area contributed by atoms with Crippen molar-refractivity contribution in [1.29, 1.82) is 0 Å². The van der Waals surface area contributed by atoms with Crippen LogP contribution in [0.5, 0.6) is 0 Å². The van der Waals surface area contributed by atoms with Crippen molar-refractivity contribution in [3.05, 3.63) is 34.4 Å². The van der Waals surface area contributed by atoms with E-state index < -0.39 is 4.92 Å². The Bertz CT molecular complexity index is 472. The van der Waals surface area contributed by atoms with Crippen LogP contribution < -0.4 is 5.32 Å². The Hall–Kier alpha value is -1.95. The van der Waals surface area contributed by atoms with Crippen molar-refractivity contribution in [1.82, 2.24) is 0 Å². The number of anilines is 1. The van der Waals surface area contributed by atoms with Crippen molar-refractivity contribution in [3.63, 3.8) is 0 Å². The number of ether oxygens (including phenoxy) is 1. The van der Waals surface area contributed by atoms with E-state index in [-0.39, 0.29) is 23.6 Å². The maximum absolute atomic E-state index is 12.0. The summed E-state index contributed by atoms with van der Waals surface area (Å²) < 4.78 is 5.14. The van der Waals surface area contributed by atoms with E-state index in [0.29, 0.717) is 5.69 Å². The molecule has 6 heteroatoms. The Morgan fingerprint density at radius 2 is 2.00 bits per heavy atom. The molecule has 0 radical (unpaired) electrons. The third-order valence-corrected chi connectivity index (χ3v) is 3.32. The molecule has 1 aliphatic carbocycles. The molecule has 1 fully saturated rings. The highest BCUT2D eigenvalue weighted by Gasteiger charge is 2.30. The van der Waals surface area contributed by atoms with Gasteiger partial charge in [0.15, 0.2) is 5.78 Å². The lowest BCUT2D eigenvalue weighted by Gasteiger charge is -2.28. The zero-order valence-corrected chi connectivity index (χ0v) is 10.7. The highest BCUT2D eigenvalue weighted by atomic mass is 16.6. The van der Waals surface area contributed by atoms with Crippen LogP contribution in [0.25, 0.3) is 0 Å². The van der Waals surface area contributed by atoms with Crippen LogP contribution in [-0.2, 0) is 9.53 Å². The fourth-order valence-corrected chi connectivity index (χ4v) is 2.27. The first-order valence-electron chi connectivity index (χ1n) is 6.19. The maximum atomic E-state index is 12.0. The number of benzene rings is 1. The third kappa shape index (κ3) is 3.08. The zero-order valence-electron chi connectivity index (χ0n) is 10.7. The van der Waals surface area contributed by atoms with E-state index in [4.69, 9.17) is 4.74 Å². The summed E-state index contributed by atoms with van der Waals surface area (Å²) in [6.45, 7) is 0. The van der Waals surface area contributed by atoms with Gasteiger partial charge in [-0.2, -0.15) is 0 Å². The van der Waals surface area contributed by atoms with Crippen LogP contribution in [0.1, 0.15) is 19.3 Å². The van der Waals surface area contributed by atoms with Crippen molar-refractivity contribution >= 4 is 17.2 Å². The summed E-state index contributed by atoms with van der Waals surface area (Å²) in [4.78, 5) is 22.1. The first-order valence-corrected chi connectivity index (χ1v) is 6.19. The van der Waals surface area contributed by atoms with Crippen LogP contribution in [0, 0.1) is 10.1 Å². The van der Waals surface area contributed by atoms with Crippen molar-refractivity contribution < 1.29 is 14.5 Å². The fraction of sp³-hybridized carbons (Fsp3) is 0.462. The van der Waals surface area contributed by atoms with E-state index in [1.54, 1.807) is 12.1 Å². The molecular weight excluding hydrogens is 248 g/mol. The largest absolute Gasteiger partial charge is 0.375 e. The zero-order chi connectivity index (χ0) is 13.8. The van der Waals surface area contributed by atoms with Gasteiger partial charge in [0.05, 0.1) is 11.0 Å². The average molecular weight is 264 g/mol. The predicted molar refractivity (Wildman–Crippen MR) is 70.2 cm³/mol. The summed E-state index contributed by atoms with van der Waals surface area (Å²) in [6, 6.07) is 5.79. The Kier molecular flexibility index (Phi) is 4.11. The van der Waals surface area contributed by atoms with Crippen LogP contribution in [0.15, 0.2) is 24.3 Å². The Labute approximate surface area is 110 Å². The van der Waals surface area contributed by atoms with Crippen LogP contribution in [0.2, 0.25) is 0 Å². The number of ketones is 1. The number of Topliss-reactive ketones (excluding diaryl/α,β-unsaturated/α-hetero) is 1. The second-order valence-electron chi connectivity index (χ2n) is 4.56. The number of non-ortho nitro benzene ring substituents is 1. The summed E-state index contributed by atoms with van der Waals surface area (Å²) in [5, 5.41) is 13.7. The first kappa shape index (κ1) is 13.5. The van der Waals surface area contributed by atoms with Gasteiger partial charge in [-0.25, -0.2) is 0 Å². The predicted octanol–water partition coefficient (Wildman–Crippen LogP) is 2.14. The Morgan fingerprint density at radius 3 is 2.58 bits per heavy atom.